The molecule has 2 N–H and O–H groups in total. The van der Waals surface area contributed by atoms with E-state index in [9.17, 15) is 18.0 Å². The average molecular weight is 381 g/mol. The number of carbonyl (C=O) groups excluding carboxylic acids is 2. The number of benzene rings is 1. The standard InChI is InChI=1S/C18H27N3O4S/c1-14-5-3-4-6-16(14)18(23)19-10-7-17(22)20-13-15-8-11-21(12-9-15)26(2,24)25/h3-6,15H,7-13H2,1-2H3,(H,19,23)(H,20,22). The summed E-state index contributed by atoms with van der Waals surface area (Å²) >= 11 is 0. The molecule has 0 atom stereocenters. The van der Waals surface area contributed by atoms with E-state index >= 15 is 0 Å². The lowest BCUT2D eigenvalue weighted by atomic mass is 9.98. The lowest BCUT2D eigenvalue weighted by Gasteiger charge is -2.30. The van der Waals surface area contributed by atoms with Crippen molar-refractivity contribution in [3.8, 4) is 0 Å². The van der Waals surface area contributed by atoms with Gasteiger partial charge in [0.15, 0.2) is 0 Å². The Bertz CT molecular complexity index is 741. The number of piperidine rings is 1. The largest absolute Gasteiger partial charge is 0.356 e. The highest BCUT2D eigenvalue weighted by atomic mass is 32.2. The Morgan fingerprint density at radius 3 is 2.42 bits per heavy atom. The second-order valence-electron chi connectivity index (χ2n) is 6.73. The molecule has 0 saturated carbocycles. The molecule has 2 rings (SSSR count). The molecule has 1 aliphatic rings. The Kier molecular flexibility index (Phi) is 7.16. The van der Waals surface area contributed by atoms with Gasteiger partial charge < -0.3 is 10.6 Å². The van der Waals surface area contributed by atoms with Gasteiger partial charge in [-0.05, 0) is 37.3 Å². The molecular weight excluding hydrogens is 354 g/mol. The molecule has 0 unspecified atom stereocenters. The van der Waals surface area contributed by atoms with Crippen LogP contribution in [0.1, 0.15) is 35.2 Å². The fourth-order valence-electron chi connectivity index (χ4n) is 3.00. The van der Waals surface area contributed by atoms with Crippen molar-refractivity contribution in [2.75, 3.05) is 32.4 Å². The van der Waals surface area contributed by atoms with Crippen molar-refractivity contribution in [1.29, 1.82) is 0 Å². The molecule has 0 aromatic heterocycles. The number of amides is 2. The third-order valence-electron chi connectivity index (χ3n) is 4.66. The Morgan fingerprint density at radius 1 is 1.15 bits per heavy atom. The van der Waals surface area contributed by atoms with Gasteiger partial charge in [-0.3, -0.25) is 9.59 Å². The average Bonchev–Trinajstić information content (AvgIpc) is 2.60. The number of nitrogens with zero attached hydrogens (tertiary/aromatic N) is 1. The van der Waals surface area contributed by atoms with Crippen molar-refractivity contribution in [2.24, 2.45) is 5.92 Å². The van der Waals surface area contributed by atoms with Gasteiger partial charge in [-0.1, -0.05) is 18.2 Å². The smallest absolute Gasteiger partial charge is 0.251 e. The fraction of sp³-hybridized carbons (Fsp3) is 0.556. The molecule has 1 heterocycles. The summed E-state index contributed by atoms with van der Waals surface area (Å²) in [5.41, 5.74) is 1.51. The van der Waals surface area contributed by atoms with Crippen molar-refractivity contribution < 1.29 is 18.0 Å². The van der Waals surface area contributed by atoms with E-state index in [0.29, 0.717) is 31.1 Å². The Hall–Kier alpha value is -1.93. The van der Waals surface area contributed by atoms with Crippen LogP contribution in [-0.2, 0) is 14.8 Å². The Morgan fingerprint density at radius 2 is 1.81 bits per heavy atom. The minimum absolute atomic E-state index is 0.111. The summed E-state index contributed by atoms with van der Waals surface area (Å²) in [4.78, 5) is 24.0. The predicted octanol–water partition coefficient (Wildman–Crippen LogP) is 0.903. The van der Waals surface area contributed by atoms with E-state index in [0.717, 1.165) is 18.4 Å². The van der Waals surface area contributed by atoms with Gasteiger partial charge in [-0.25, -0.2) is 12.7 Å². The van der Waals surface area contributed by atoms with Crippen molar-refractivity contribution in [1.82, 2.24) is 14.9 Å². The van der Waals surface area contributed by atoms with Gasteiger partial charge in [0.1, 0.15) is 0 Å². The maximum Gasteiger partial charge on any atom is 0.251 e. The summed E-state index contributed by atoms with van der Waals surface area (Å²) < 4.78 is 24.4. The minimum Gasteiger partial charge on any atom is -0.356 e. The van der Waals surface area contributed by atoms with Crippen LogP contribution in [-0.4, -0.2) is 57.0 Å². The molecule has 1 fully saturated rings. The van der Waals surface area contributed by atoms with Crippen molar-refractivity contribution in [3.63, 3.8) is 0 Å². The second kappa shape index (κ2) is 9.14. The zero-order chi connectivity index (χ0) is 19.2. The Balaban J connectivity index is 1.64. The monoisotopic (exact) mass is 381 g/mol. The van der Waals surface area contributed by atoms with Crippen molar-refractivity contribution in [2.45, 2.75) is 26.2 Å². The van der Waals surface area contributed by atoms with Crippen LogP contribution < -0.4 is 10.6 Å². The quantitative estimate of drug-likeness (QED) is 0.734. The van der Waals surface area contributed by atoms with Crippen LogP contribution in [0.15, 0.2) is 24.3 Å². The third-order valence-corrected chi connectivity index (χ3v) is 5.96. The molecule has 1 aromatic carbocycles. The topological polar surface area (TPSA) is 95.6 Å². The van der Waals surface area contributed by atoms with E-state index in [1.165, 1.54) is 10.6 Å². The molecule has 0 aliphatic carbocycles. The van der Waals surface area contributed by atoms with Crippen LogP contribution in [0, 0.1) is 12.8 Å². The number of rotatable bonds is 7. The molecule has 7 nitrogen and oxygen atoms in total. The third kappa shape index (κ3) is 6.10. The van der Waals surface area contributed by atoms with Gasteiger partial charge in [-0.15, -0.1) is 0 Å². The first-order valence-electron chi connectivity index (χ1n) is 8.83. The normalized spacial score (nSPS) is 16.2. The van der Waals surface area contributed by atoms with Crippen molar-refractivity contribution in [3.05, 3.63) is 35.4 Å². The zero-order valence-corrected chi connectivity index (χ0v) is 16.1. The Labute approximate surface area is 155 Å². The van der Waals surface area contributed by atoms with E-state index in [4.69, 9.17) is 0 Å². The fourth-order valence-corrected chi connectivity index (χ4v) is 3.88. The summed E-state index contributed by atoms with van der Waals surface area (Å²) in [6, 6.07) is 7.31. The molecule has 1 saturated heterocycles. The summed E-state index contributed by atoms with van der Waals surface area (Å²) in [5.74, 6) is 0.00295. The number of carbonyl (C=O) groups is 2. The number of sulfonamides is 1. The molecule has 0 bridgehead atoms. The molecular formula is C18H27N3O4S. The van der Waals surface area contributed by atoms with Crippen LogP contribution in [0.4, 0.5) is 0 Å². The summed E-state index contributed by atoms with van der Waals surface area (Å²) in [7, 11) is -3.12. The minimum atomic E-state index is -3.12. The van der Waals surface area contributed by atoms with Gasteiger partial charge in [0.2, 0.25) is 15.9 Å². The van der Waals surface area contributed by atoms with Crippen LogP contribution >= 0.6 is 0 Å². The second-order valence-corrected chi connectivity index (χ2v) is 8.71. The van der Waals surface area contributed by atoms with E-state index in [2.05, 4.69) is 10.6 Å². The highest BCUT2D eigenvalue weighted by Crippen LogP contribution is 2.18. The first-order valence-corrected chi connectivity index (χ1v) is 10.7. The molecule has 0 radical (unpaired) electrons. The molecule has 2 amide bonds. The van der Waals surface area contributed by atoms with Crippen molar-refractivity contribution >= 4 is 21.8 Å². The number of hydrogen-bond donors (Lipinski definition) is 2. The van der Waals surface area contributed by atoms with E-state index < -0.39 is 10.0 Å². The van der Waals surface area contributed by atoms with Gasteiger partial charge in [-0.2, -0.15) is 0 Å². The molecule has 26 heavy (non-hydrogen) atoms. The highest BCUT2D eigenvalue weighted by Gasteiger charge is 2.24. The molecule has 1 aromatic rings. The summed E-state index contributed by atoms with van der Waals surface area (Å²) in [6.07, 6.45) is 2.94. The maximum atomic E-state index is 12.1. The number of aryl methyl sites for hydroxylation is 1. The number of nitrogens with one attached hydrogen (secondary N) is 2. The maximum absolute atomic E-state index is 12.1. The van der Waals surface area contributed by atoms with E-state index in [1.54, 1.807) is 6.07 Å². The lowest BCUT2D eigenvalue weighted by molar-refractivity contribution is -0.121. The van der Waals surface area contributed by atoms with Crippen LogP contribution in [0.2, 0.25) is 0 Å². The predicted molar refractivity (Wildman–Crippen MR) is 100 cm³/mol. The first kappa shape index (κ1) is 20.4. The van der Waals surface area contributed by atoms with Gasteiger partial charge in [0.05, 0.1) is 6.26 Å². The van der Waals surface area contributed by atoms with Gasteiger partial charge in [0, 0.05) is 38.2 Å². The van der Waals surface area contributed by atoms with Gasteiger partial charge >= 0.3 is 0 Å². The van der Waals surface area contributed by atoms with Crippen LogP contribution in [0.3, 0.4) is 0 Å². The molecule has 8 heteroatoms. The summed E-state index contributed by atoms with van der Waals surface area (Å²) in [5, 5.41) is 5.63. The van der Waals surface area contributed by atoms with E-state index in [1.807, 2.05) is 25.1 Å². The molecule has 144 valence electrons. The number of hydrogen-bond acceptors (Lipinski definition) is 4. The van der Waals surface area contributed by atoms with E-state index in [-0.39, 0.29) is 24.8 Å². The summed E-state index contributed by atoms with van der Waals surface area (Å²) in [6.45, 7) is 3.71. The lowest BCUT2D eigenvalue weighted by Crippen LogP contribution is -2.41. The van der Waals surface area contributed by atoms with Gasteiger partial charge in [0.25, 0.3) is 5.91 Å². The highest BCUT2D eigenvalue weighted by molar-refractivity contribution is 7.88. The SMILES string of the molecule is Cc1ccccc1C(=O)NCCC(=O)NCC1CCN(S(C)(=O)=O)CC1. The van der Waals surface area contributed by atoms with Crippen LogP contribution in [0.25, 0.3) is 0 Å². The van der Waals surface area contributed by atoms with Crippen LogP contribution in [0.5, 0.6) is 0 Å². The molecule has 1 aliphatic heterocycles. The molecule has 0 spiro atoms. The zero-order valence-electron chi connectivity index (χ0n) is 15.3. The first-order chi connectivity index (χ1) is 12.3.